The molecule has 0 aromatic rings. The first kappa shape index (κ1) is 7.03. The molecule has 1 N–H and O–H groups in total. The van der Waals surface area contributed by atoms with E-state index in [1.807, 2.05) is 6.92 Å². The van der Waals surface area contributed by atoms with Crippen LogP contribution in [0.2, 0.25) is 0 Å². The van der Waals surface area contributed by atoms with Gasteiger partial charge >= 0.3 is 0 Å². The standard InChI is InChI=1S/C7H15NO/c1-3-9-8-7-4-6(2)5-7/h6-8H,3-5H2,1-2H3. The Hall–Kier alpha value is -0.0800. The molecule has 0 spiro atoms. The summed E-state index contributed by atoms with van der Waals surface area (Å²) in [5.74, 6) is 0.906. The highest BCUT2D eigenvalue weighted by molar-refractivity contribution is 4.79. The van der Waals surface area contributed by atoms with Crippen LogP contribution in [0.15, 0.2) is 0 Å². The molecule has 1 aliphatic carbocycles. The fourth-order valence-electron chi connectivity index (χ4n) is 1.20. The Morgan fingerprint density at radius 2 is 2.22 bits per heavy atom. The van der Waals surface area contributed by atoms with Crippen LogP contribution >= 0.6 is 0 Å². The summed E-state index contributed by atoms with van der Waals surface area (Å²) in [6.07, 6.45) is 2.56. The second-order valence-corrected chi connectivity index (χ2v) is 2.82. The SMILES string of the molecule is CCONC1CC(C)C1. The molecule has 0 aromatic heterocycles. The summed E-state index contributed by atoms with van der Waals surface area (Å²) in [6.45, 7) is 5.03. The average molecular weight is 129 g/mol. The second kappa shape index (κ2) is 3.18. The van der Waals surface area contributed by atoms with E-state index >= 15 is 0 Å². The van der Waals surface area contributed by atoms with Gasteiger partial charge < -0.3 is 4.84 Å². The van der Waals surface area contributed by atoms with Crippen molar-refractivity contribution >= 4 is 0 Å². The van der Waals surface area contributed by atoms with E-state index < -0.39 is 0 Å². The molecule has 2 heteroatoms. The fraction of sp³-hybridized carbons (Fsp3) is 1.00. The van der Waals surface area contributed by atoms with Crippen LogP contribution in [0.5, 0.6) is 0 Å². The van der Waals surface area contributed by atoms with Crippen molar-refractivity contribution in [3.05, 3.63) is 0 Å². The van der Waals surface area contributed by atoms with Gasteiger partial charge in [-0.25, -0.2) is 0 Å². The quantitative estimate of drug-likeness (QED) is 0.580. The normalized spacial score (nSPS) is 34.0. The lowest BCUT2D eigenvalue weighted by Crippen LogP contribution is -2.39. The molecule has 1 saturated carbocycles. The molecule has 0 atom stereocenters. The van der Waals surface area contributed by atoms with Gasteiger partial charge in [-0.3, -0.25) is 0 Å². The molecule has 1 rings (SSSR count). The van der Waals surface area contributed by atoms with E-state index in [1.54, 1.807) is 0 Å². The molecule has 0 heterocycles. The predicted molar refractivity (Wildman–Crippen MR) is 36.9 cm³/mol. The summed E-state index contributed by atoms with van der Waals surface area (Å²) < 4.78 is 0. The van der Waals surface area contributed by atoms with Gasteiger partial charge in [-0.2, -0.15) is 5.48 Å². The van der Waals surface area contributed by atoms with Gasteiger partial charge in [0.25, 0.3) is 0 Å². The molecule has 0 radical (unpaired) electrons. The maximum atomic E-state index is 5.04. The summed E-state index contributed by atoms with van der Waals surface area (Å²) >= 11 is 0. The van der Waals surface area contributed by atoms with Gasteiger partial charge in [0.2, 0.25) is 0 Å². The first-order valence-electron chi connectivity index (χ1n) is 3.70. The van der Waals surface area contributed by atoms with Gasteiger partial charge in [0.1, 0.15) is 0 Å². The van der Waals surface area contributed by atoms with E-state index in [1.165, 1.54) is 12.8 Å². The largest absolute Gasteiger partial charge is 0.302 e. The van der Waals surface area contributed by atoms with Crippen molar-refractivity contribution in [1.29, 1.82) is 0 Å². The Morgan fingerprint density at radius 3 is 2.67 bits per heavy atom. The lowest BCUT2D eigenvalue weighted by molar-refractivity contribution is -0.00918. The highest BCUT2D eigenvalue weighted by Gasteiger charge is 2.24. The highest BCUT2D eigenvalue weighted by atomic mass is 16.6. The predicted octanol–water partition coefficient (Wildman–Crippen LogP) is 1.33. The van der Waals surface area contributed by atoms with Crippen LogP contribution in [0.1, 0.15) is 26.7 Å². The Morgan fingerprint density at radius 1 is 1.56 bits per heavy atom. The third-order valence-electron chi connectivity index (χ3n) is 1.77. The lowest BCUT2D eigenvalue weighted by Gasteiger charge is -2.32. The number of hydroxylamine groups is 1. The van der Waals surface area contributed by atoms with E-state index in [2.05, 4.69) is 12.4 Å². The molecule has 0 bridgehead atoms. The Bertz CT molecular complexity index is 79.0. The Balaban J connectivity index is 1.91. The average Bonchev–Trinajstić information content (AvgIpc) is 1.78. The second-order valence-electron chi connectivity index (χ2n) is 2.82. The van der Waals surface area contributed by atoms with E-state index in [-0.39, 0.29) is 0 Å². The summed E-state index contributed by atoms with van der Waals surface area (Å²) in [7, 11) is 0. The zero-order valence-electron chi connectivity index (χ0n) is 6.18. The van der Waals surface area contributed by atoms with Crippen molar-refractivity contribution in [2.24, 2.45) is 5.92 Å². The summed E-state index contributed by atoms with van der Waals surface area (Å²) in [6, 6.07) is 0.639. The van der Waals surface area contributed by atoms with Crippen LogP contribution in [0, 0.1) is 5.92 Å². The molecule has 0 unspecified atom stereocenters. The van der Waals surface area contributed by atoms with E-state index in [0.29, 0.717) is 6.04 Å². The van der Waals surface area contributed by atoms with Gasteiger partial charge in [0.05, 0.1) is 6.61 Å². The van der Waals surface area contributed by atoms with Crippen LogP contribution < -0.4 is 5.48 Å². The van der Waals surface area contributed by atoms with E-state index in [9.17, 15) is 0 Å². The van der Waals surface area contributed by atoms with Crippen molar-refractivity contribution in [3.8, 4) is 0 Å². The third-order valence-corrected chi connectivity index (χ3v) is 1.77. The molecule has 0 aromatic carbocycles. The smallest absolute Gasteiger partial charge is 0.0654 e. The minimum atomic E-state index is 0.639. The summed E-state index contributed by atoms with van der Waals surface area (Å²) in [5, 5.41) is 0. The van der Waals surface area contributed by atoms with E-state index in [0.717, 1.165) is 12.5 Å². The zero-order valence-corrected chi connectivity index (χ0v) is 6.18. The van der Waals surface area contributed by atoms with Crippen LogP contribution in [0.25, 0.3) is 0 Å². The highest BCUT2D eigenvalue weighted by Crippen LogP contribution is 2.25. The first-order valence-corrected chi connectivity index (χ1v) is 3.70. The van der Waals surface area contributed by atoms with Crippen molar-refractivity contribution in [2.75, 3.05) is 6.61 Å². The van der Waals surface area contributed by atoms with Crippen LogP contribution in [0.3, 0.4) is 0 Å². The Labute approximate surface area is 56.5 Å². The number of hydrogen-bond acceptors (Lipinski definition) is 2. The maximum Gasteiger partial charge on any atom is 0.0654 e. The maximum absolute atomic E-state index is 5.04. The molecule has 0 aliphatic heterocycles. The molecule has 1 fully saturated rings. The molecule has 0 amide bonds. The zero-order chi connectivity index (χ0) is 6.69. The fourth-order valence-corrected chi connectivity index (χ4v) is 1.20. The summed E-state index contributed by atoms with van der Waals surface area (Å²) in [4.78, 5) is 5.04. The van der Waals surface area contributed by atoms with Crippen LogP contribution in [-0.2, 0) is 4.84 Å². The molecular weight excluding hydrogens is 114 g/mol. The van der Waals surface area contributed by atoms with E-state index in [4.69, 9.17) is 4.84 Å². The summed E-state index contributed by atoms with van der Waals surface area (Å²) in [5.41, 5.74) is 3.00. The lowest BCUT2D eigenvalue weighted by atomic mass is 9.82. The number of nitrogens with one attached hydrogen (secondary N) is 1. The van der Waals surface area contributed by atoms with Crippen LogP contribution in [0.4, 0.5) is 0 Å². The monoisotopic (exact) mass is 129 g/mol. The number of hydrogen-bond donors (Lipinski definition) is 1. The molecular formula is C7H15NO. The Kier molecular flexibility index (Phi) is 2.49. The molecule has 54 valence electrons. The van der Waals surface area contributed by atoms with Crippen LogP contribution in [-0.4, -0.2) is 12.6 Å². The number of rotatable bonds is 3. The minimum absolute atomic E-state index is 0.639. The third kappa shape index (κ3) is 1.95. The topological polar surface area (TPSA) is 21.3 Å². The van der Waals surface area contributed by atoms with Gasteiger partial charge in [-0.1, -0.05) is 6.92 Å². The minimum Gasteiger partial charge on any atom is -0.302 e. The van der Waals surface area contributed by atoms with Crippen molar-refractivity contribution in [2.45, 2.75) is 32.7 Å². The van der Waals surface area contributed by atoms with Gasteiger partial charge in [0, 0.05) is 6.04 Å². The molecule has 1 aliphatic rings. The van der Waals surface area contributed by atoms with Gasteiger partial charge in [-0.05, 0) is 25.7 Å². The van der Waals surface area contributed by atoms with Crippen molar-refractivity contribution < 1.29 is 4.84 Å². The van der Waals surface area contributed by atoms with Crippen molar-refractivity contribution in [3.63, 3.8) is 0 Å². The van der Waals surface area contributed by atoms with Gasteiger partial charge in [-0.15, -0.1) is 0 Å². The van der Waals surface area contributed by atoms with Crippen molar-refractivity contribution in [1.82, 2.24) is 5.48 Å². The molecule has 9 heavy (non-hydrogen) atoms. The molecule has 0 saturated heterocycles. The van der Waals surface area contributed by atoms with Gasteiger partial charge in [0.15, 0.2) is 0 Å². The first-order chi connectivity index (χ1) is 4.33. The molecule has 2 nitrogen and oxygen atoms in total.